The maximum atomic E-state index is 6.20. The molecule has 1 aliphatic rings. The van der Waals surface area contributed by atoms with Crippen molar-refractivity contribution in [2.45, 2.75) is 32.5 Å². The van der Waals surface area contributed by atoms with E-state index in [4.69, 9.17) is 37.8 Å². The van der Waals surface area contributed by atoms with Gasteiger partial charge in [-0.25, -0.2) is 4.68 Å². The Bertz CT molecular complexity index is 936. The molecule has 0 aliphatic carbocycles. The second kappa shape index (κ2) is 7.55. The highest BCUT2D eigenvalue weighted by atomic mass is 35.5. The number of nitrogens with zero attached hydrogens (tertiary/aromatic N) is 2. The Morgan fingerprint density at radius 2 is 1.70 bits per heavy atom. The lowest BCUT2D eigenvalue weighted by Gasteiger charge is -2.31. The molecule has 0 unspecified atom stereocenters. The highest BCUT2D eigenvalue weighted by molar-refractivity contribution is 6.30. The van der Waals surface area contributed by atoms with Crippen molar-refractivity contribution in [2.24, 2.45) is 0 Å². The van der Waals surface area contributed by atoms with Crippen LogP contribution in [0, 0.1) is 6.92 Å². The summed E-state index contributed by atoms with van der Waals surface area (Å²) < 4.78 is 13.9. The van der Waals surface area contributed by atoms with Gasteiger partial charge in [-0.1, -0.05) is 35.3 Å². The molecule has 0 amide bonds. The number of hydrogen-bond donors (Lipinski definition) is 0. The van der Waals surface area contributed by atoms with Gasteiger partial charge < -0.3 is 9.47 Å². The van der Waals surface area contributed by atoms with Crippen molar-refractivity contribution in [3.8, 4) is 11.6 Å². The third kappa shape index (κ3) is 3.57. The van der Waals surface area contributed by atoms with E-state index in [1.165, 1.54) is 5.56 Å². The molecule has 0 saturated carbocycles. The van der Waals surface area contributed by atoms with Crippen LogP contribution < -0.4 is 4.74 Å². The largest absolute Gasteiger partial charge is 0.447 e. The molecule has 4 rings (SSSR count). The van der Waals surface area contributed by atoms with Crippen molar-refractivity contribution < 1.29 is 9.47 Å². The van der Waals surface area contributed by atoms with E-state index >= 15 is 0 Å². The van der Waals surface area contributed by atoms with Crippen LogP contribution in [-0.4, -0.2) is 22.7 Å². The molecule has 0 saturated heterocycles. The van der Waals surface area contributed by atoms with Crippen LogP contribution in [0.3, 0.4) is 0 Å². The maximum Gasteiger partial charge on any atom is 0.223 e. The Hall–Kier alpha value is -2.01. The summed E-state index contributed by atoms with van der Waals surface area (Å²) in [5.41, 5.74) is 4.10. The van der Waals surface area contributed by atoms with E-state index in [1.54, 1.807) is 0 Å². The van der Waals surface area contributed by atoms with Crippen molar-refractivity contribution in [1.82, 2.24) is 9.78 Å². The number of aryl methyl sites for hydroxylation is 1. The molecule has 0 radical (unpaired) electrons. The summed E-state index contributed by atoms with van der Waals surface area (Å²) in [7, 11) is 0. The van der Waals surface area contributed by atoms with Crippen molar-refractivity contribution in [2.75, 3.05) is 6.61 Å². The topological polar surface area (TPSA) is 36.3 Å². The first-order valence-corrected chi connectivity index (χ1v) is 9.71. The van der Waals surface area contributed by atoms with E-state index in [0.29, 0.717) is 11.6 Å². The Labute approximate surface area is 168 Å². The molecule has 0 bridgehead atoms. The van der Waals surface area contributed by atoms with E-state index in [2.05, 4.69) is 12.1 Å². The quantitative estimate of drug-likeness (QED) is 0.555. The van der Waals surface area contributed by atoms with Crippen LogP contribution in [0.4, 0.5) is 0 Å². The van der Waals surface area contributed by atoms with Gasteiger partial charge in [0.15, 0.2) is 0 Å². The molecule has 1 aromatic heterocycles. The van der Waals surface area contributed by atoms with E-state index in [1.807, 2.05) is 54.9 Å². The normalized spacial score (nSPS) is 18.8. The second-order valence-corrected chi connectivity index (χ2v) is 7.41. The molecule has 0 spiro atoms. The molecule has 140 valence electrons. The first-order chi connectivity index (χ1) is 13.1. The molecule has 1 aliphatic heterocycles. The number of fused-ring (bicyclic) bond motifs is 1. The van der Waals surface area contributed by atoms with E-state index in [0.717, 1.165) is 34.3 Å². The fourth-order valence-corrected chi connectivity index (χ4v) is 3.81. The van der Waals surface area contributed by atoms with Crippen LogP contribution in [0.1, 0.15) is 36.1 Å². The van der Waals surface area contributed by atoms with E-state index in [-0.39, 0.29) is 12.2 Å². The van der Waals surface area contributed by atoms with Gasteiger partial charge in [-0.05, 0) is 55.8 Å². The molecule has 0 N–H and O–H groups in total. The Morgan fingerprint density at radius 1 is 1.07 bits per heavy atom. The molecule has 0 fully saturated rings. The van der Waals surface area contributed by atoms with Gasteiger partial charge in [0.1, 0.15) is 0 Å². The fourth-order valence-electron chi connectivity index (χ4n) is 3.56. The molecular formula is C21H20Cl2N2O2. The Morgan fingerprint density at radius 3 is 2.33 bits per heavy atom. The van der Waals surface area contributed by atoms with Crippen LogP contribution in [0.25, 0.3) is 5.69 Å². The van der Waals surface area contributed by atoms with Crippen molar-refractivity contribution in [1.29, 1.82) is 0 Å². The number of aromatic nitrogens is 2. The Kier molecular flexibility index (Phi) is 5.13. The number of rotatable bonds is 4. The standard InChI is InChI=1S/C21H20Cl2N2O2/c1-3-26-19-12-18(14-4-6-15(22)7-5-14)20-13(2)24-25(21(20)27-19)17-10-8-16(23)9-11-17/h4-11,18-19H,3,12H2,1-2H3/t18-,19-/m1/s1. The first kappa shape index (κ1) is 18.4. The maximum absolute atomic E-state index is 6.20. The predicted molar refractivity (Wildman–Crippen MR) is 107 cm³/mol. The molecule has 2 atom stereocenters. The highest BCUT2D eigenvalue weighted by Gasteiger charge is 2.35. The van der Waals surface area contributed by atoms with Gasteiger partial charge in [0, 0.05) is 34.6 Å². The average Bonchev–Trinajstić information content (AvgIpc) is 2.99. The van der Waals surface area contributed by atoms with Gasteiger partial charge >= 0.3 is 0 Å². The Balaban J connectivity index is 1.83. The summed E-state index contributed by atoms with van der Waals surface area (Å²) in [5.74, 6) is 0.850. The number of ether oxygens (including phenoxy) is 2. The van der Waals surface area contributed by atoms with Gasteiger partial charge in [-0.2, -0.15) is 5.10 Å². The second-order valence-electron chi connectivity index (χ2n) is 6.54. The van der Waals surface area contributed by atoms with E-state index < -0.39 is 0 Å². The van der Waals surface area contributed by atoms with Crippen LogP contribution in [0.5, 0.6) is 5.88 Å². The molecule has 2 heterocycles. The summed E-state index contributed by atoms with van der Waals surface area (Å²) >= 11 is 12.1. The van der Waals surface area contributed by atoms with Crippen molar-refractivity contribution in [3.63, 3.8) is 0 Å². The summed E-state index contributed by atoms with van der Waals surface area (Å²) in [6.07, 6.45) is 0.403. The molecule has 4 nitrogen and oxygen atoms in total. The number of halogens is 2. The number of hydrogen-bond acceptors (Lipinski definition) is 3. The zero-order valence-corrected chi connectivity index (χ0v) is 16.7. The van der Waals surface area contributed by atoms with Crippen molar-refractivity contribution in [3.05, 3.63) is 75.4 Å². The summed E-state index contributed by atoms with van der Waals surface area (Å²) in [6.45, 7) is 4.57. The predicted octanol–water partition coefficient (Wildman–Crippen LogP) is 5.76. The van der Waals surface area contributed by atoms with Gasteiger partial charge in [0.05, 0.1) is 11.4 Å². The average molecular weight is 403 g/mol. The van der Waals surface area contributed by atoms with Gasteiger partial charge in [0.2, 0.25) is 12.2 Å². The van der Waals surface area contributed by atoms with Gasteiger partial charge in [0.25, 0.3) is 0 Å². The smallest absolute Gasteiger partial charge is 0.223 e. The molecule has 2 aromatic carbocycles. The van der Waals surface area contributed by atoms with Gasteiger partial charge in [-0.3, -0.25) is 0 Å². The SMILES string of the molecule is CCO[C@H]1C[C@H](c2ccc(Cl)cc2)c2c(C)nn(-c3ccc(Cl)cc3)c2O1. The lowest BCUT2D eigenvalue weighted by Crippen LogP contribution is -2.29. The minimum Gasteiger partial charge on any atom is -0.447 e. The summed E-state index contributed by atoms with van der Waals surface area (Å²) in [4.78, 5) is 0. The lowest BCUT2D eigenvalue weighted by atomic mass is 9.87. The fraction of sp³-hybridized carbons (Fsp3) is 0.286. The minimum absolute atomic E-state index is 0.128. The molecule has 27 heavy (non-hydrogen) atoms. The molecule has 6 heteroatoms. The van der Waals surface area contributed by atoms with E-state index in [9.17, 15) is 0 Å². The number of benzene rings is 2. The monoisotopic (exact) mass is 402 g/mol. The van der Waals surface area contributed by atoms with Crippen LogP contribution in [0.2, 0.25) is 10.0 Å². The van der Waals surface area contributed by atoms with Crippen LogP contribution in [-0.2, 0) is 4.74 Å². The summed E-state index contributed by atoms with van der Waals surface area (Å²) in [6, 6.07) is 15.5. The third-order valence-electron chi connectivity index (χ3n) is 4.78. The molecule has 3 aromatic rings. The van der Waals surface area contributed by atoms with Crippen LogP contribution >= 0.6 is 23.2 Å². The first-order valence-electron chi connectivity index (χ1n) is 8.96. The van der Waals surface area contributed by atoms with Crippen molar-refractivity contribution >= 4 is 23.2 Å². The molecular weight excluding hydrogens is 383 g/mol. The summed E-state index contributed by atoms with van der Waals surface area (Å²) in [5, 5.41) is 6.15. The zero-order chi connectivity index (χ0) is 19.0. The van der Waals surface area contributed by atoms with Gasteiger partial charge in [-0.15, -0.1) is 0 Å². The zero-order valence-electron chi connectivity index (χ0n) is 15.2. The minimum atomic E-state index is -0.328. The highest BCUT2D eigenvalue weighted by Crippen LogP contribution is 2.43. The lowest BCUT2D eigenvalue weighted by molar-refractivity contribution is -0.0927. The third-order valence-corrected chi connectivity index (χ3v) is 5.28. The van der Waals surface area contributed by atoms with Crippen LogP contribution in [0.15, 0.2) is 48.5 Å².